The molecule has 0 aliphatic carbocycles. The van der Waals surface area contributed by atoms with Crippen LogP contribution in [0.5, 0.6) is 0 Å². The fourth-order valence-corrected chi connectivity index (χ4v) is 3.27. The van der Waals surface area contributed by atoms with Crippen LogP contribution in [0.1, 0.15) is 12.8 Å². The molecule has 122 valence electrons. The predicted molar refractivity (Wildman–Crippen MR) is 99.1 cm³/mol. The largest absolute Gasteiger partial charge is 0.368 e. The topological polar surface area (TPSA) is 41.1 Å². The standard InChI is InChI=1S/C20H22N4/c1-2-8-16(9-3-1)19-22-18-11-5-4-10-17(18)20(23-19)21-12-15-24-13-6-7-14-24/h1-5,8-11H,6-7,12-15H2,(H,21,22,23). The Hall–Kier alpha value is -2.46. The summed E-state index contributed by atoms with van der Waals surface area (Å²) in [6.07, 6.45) is 2.66. The summed E-state index contributed by atoms with van der Waals surface area (Å²) in [5, 5.41) is 4.61. The molecule has 0 bridgehead atoms. The molecule has 1 aliphatic heterocycles. The number of para-hydroxylation sites is 1. The molecule has 1 fully saturated rings. The molecule has 1 saturated heterocycles. The maximum Gasteiger partial charge on any atom is 0.162 e. The summed E-state index contributed by atoms with van der Waals surface area (Å²) in [6.45, 7) is 4.43. The molecule has 0 unspecified atom stereocenters. The number of nitrogens with zero attached hydrogens (tertiary/aromatic N) is 3. The van der Waals surface area contributed by atoms with E-state index in [2.05, 4.69) is 34.5 Å². The highest BCUT2D eigenvalue weighted by Gasteiger charge is 2.12. The van der Waals surface area contributed by atoms with Crippen LogP contribution in [0.2, 0.25) is 0 Å². The Labute approximate surface area is 142 Å². The third kappa shape index (κ3) is 3.24. The van der Waals surface area contributed by atoms with Gasteiger partial charge in [-0.25, -0.2) is 9.97 Å². The zero-order valence-corrected chi connectivity index (χ0v) is 13.8. The molecule has 3 aromatic rings. The van der Waals surface area contributed by atoms with Crippen molar-refractivity contribution in [3.8, 4) is 11.4 Å². The van der Waals surface area contributed by atoms with Crippen molar-refractivity contribution >= 4 is 16.7 Å². The Morgan fingerprint density at radius 3 is 2.46 bits per heavy atom. The Morgan fingerprint density at radius 2 is 1.62 bits per heavy atom. The minimum Gasteiger partial charge on any atom is -0.368 e. The highest BCUT2D eigenvalue weighted by atomic mass is 15.2. The van der Waals surface area contributed by atoms with E-state index < -0.39 is 0 Å². The number of rotatable bonds is 5. The van der Waals surface area contributed by atoms with E-state index in [1.165, 1.54) is 25.9 Å². The van der Waals surface area contributed by atoms with Gasteiger partial charge in [0.25, 0.3) is 0 Å². The predicted octanol–water partition coefficient (Wildman–Crippen LogP) is 3.80. The first-order valence-corrected chi connectivity index (χ1v) is 8.68. The number of hydrogen-bond acceptors (Lipinski definition) is 4. The van der Waals surface area contributed by atoms with Crippen LogP contribution in [-0.4, -0.2) is 41.0 Å². The van der Waals surface area contributed by atoms with Gasteiger partial charge in [-0.05, 0) is 38.1 Å². The minimum absolute atomic E-state index is 0.776. The number of benzene rings is 2. The van der Waals surface area contributed by atoms with E-state index in [0.717, 1.165) is 41.2 Å². The van der Waals surface area contributed by atoms with Crippen molar-refractivity contribution in [1.29, 1.82) is 0 Å². The number of aromatic nitrogens is 2. The Morgan fingerprint density at radius 1 is 0.875 bits per heavy atom. The molecule has 4 nitrogen and oxygen atoms in total. The quantitative estimate of drug-likeness (QED) is 0.777. The number of anilines is 1. The van der Waals surface area contributed by atoms with Gasteiger partial charge in [0, 0.05) is 24.0 Å². The molecular formula is C20H22N4. The molecule has 24 heavy (non-hydrogen) atoms. The van der Waals surface area contributed by atoms with E-state index in [1.807, 2.05) is 30.3 Å². The summed E-state index contributed by atoms with van der Waals surface area (Å²) in [5.74, 6) is 1.71. The van der Waals surface area contributed by atoms with E-state index in [-0.39, 0.29) is 0 Å². The van der Waals surface area contributed by atoms with Crippen LogP contribution >= 0.6 is 0 Å². The van der Waals surface area contributed by atoms with E-state index >= 15 is 0 Å². The molecule has 4 heteroatoms. The van der Waals surface area contributed by atoms with E-state index in [4.69, 9.17) is 9.97 Å². The summed E-state index contributed by atoms with van der Waals surface area (Å²) in [5.41, 5.74) is 2.03. The second kappa shape index (κ2) is 6.97. The van der Waals surface area contributed by atoms with Gasteiger partial charge in [0.2, 0.25) is 0 Å². The Balaban J connectivity index is 1.62. The minimum atomic E-state index is 0.776. The third-order valence-electron chi connectivity index (χ3n) is 4.55. The van der Waals surface area contributed by atoms with Crippen LogP contribution in [0.3, 0.4) is 0 Å². The van der Waals surface area contributed by atoms with Crippen LogP contribution in [0.15, 0.2) is 54.6 Å². The molecule has 0 saturated carbocycles. The molecule has 2 heterocycles. The van der Waals surface area contributed by atoms with Gasteiger partial charge < -0.3 is 10.2 Å². The van der Waals surface area contributed by atoms with Crippen LogP contribution in [0, 0.1) is 0 Å². The molecule has 2 aromatic carbocycles. The van der Waals surface area contributed by atoms with Crippen molar-refractivity contribution in [2.24, 2.45) is 0 Å². The van der Waals surface area contributed by atoms with E-state index in [0.29, 0.717) is 0 Å². The third-order valence-corrected chi connectivity index (χ3v) is 4.55. The Bertz CT molecular complexity index is 810. The van der Waals surface area contributed by atoms with Gasteiger partial charge in [0.05, 0.1) is 5.52 Å². The molecule has 0 radical (unpaired) electrons. The lowest BCUT2D eigenvalue weighted by molar-refractivity contribution is 0.352. The summed E-state index contributed by atoms with van der Waals surface area (Å²) in [6, 6.07) is 18.4. The molecule has 1 aromatic heterocycles. The van der Waals surface area contributed by atoms with Gasteiger partial charge in [-0.15, -0.1) is 0 Å². The molecule has 1 aliphatic rings. The average Bonchev–Trinajstić information content (AvgIpc) is 3.16. The SMILES string of the molecule is c1ccc(-c2nc(NCCN3CCCC3)c3ccccc3n2)cc1. The highest BCUT2D eigenvalue weighted by Crippen LogP contribution is 2.24. The zero-order valence-electron chi connectivity index (χ0n) is 13.8. The first-order valence-electron chi connectivity index (χ1n) is 8.68. The van der Waals surface area contributed by atoms with Crippen molar-refractivity contribution in [2.45, 2.75) is 12.8 Å². The molecule has 0 atom stereocenters. The maximum absolute atomic E-state index is 4.79. The number of likely N-dealkylation sites (tertiary alicyclic amines) is 1. The van der Waals surface area contributed by atoms with Crippen molar-refractivity contribution < 1.29 is 0 Å². The van der Waals surface area contributed by atoms with Crippen molar-refractivity contribution in [2.75, 3.05) is 31.5 Å². The van der Waals surface area contributed by atoms with Crippen molar-refractivity contribution in [3.63, 3.8) is 0 Å². The first kappa shape index (κ1) is 15.1. The lowest BCUT2D eigenvalue weighted by Gasteiger charge is -2.16. The molecular weight excluding hydrogens is 296 g/mol. The van der Waals surface area contributed by atoms with Gasteiger partial charge in [0.15, 0.2) is 5.82 Å². The van der Waals surface area contributed by atoms with Gasteiger partial charge in [-0.3, -0.25) is 0 Å². The highest BCUT2D eigenvalue weighted by molar-refractivity contribution is 5.90. The average molecular weight is 318 g/mol. The summed E-state index contributed by atoms with van der Waals surface area (Å²) in [7, 11) is 0. The van der Waals surface area contributed by atoms with Gasteiger partial charge in [0.1, 0.15) is 5.82 Å². The van der Waals surface area contributed by atoms with Gasteiger partial charge >= 0.3 is 0 Å². The van der Waals surface area contributed by atoms with Crippen molar-refractivity contribution in [3.05, 3.63) is 54.6 Å². The fourth-order valence-electron chi connectivity index (χ4n) is 3.27. The fraction of sp³-hybridized carbons (Fsp3) is 0.300. The number of fused-ring (bicyclic) bond motifs is 1. The van der Waals surface area contributed by atoms with Gasteiger partial charge in [-0.1, -0.05) is 42.5 Å². The summed E-state index contributed by atoms with van der Waals surface area (Å²) in [4.78, 5) is 12.0. The second-order valence-electron chi connectivity index (χ2n) is 6.25. The molecule has 0 amide bonds. The second-order valence-corrected chi connectivity index (χ2v) is 6.25. The molecule has 0 spiro atoms. The normalized spacial score (nSPS) is 15.0. The maximum atomic E-state index is 4.79. The lowest BCUT2D eigenvalue weighted by atomic mass is 10.2. The summed E-state index contributed by atoms with van der Waals surface area (Å²) >= 11 is 0. The monoisotopic (exact) mass is 318 g/mol. The zero-order chi connectivity index (χ0) is 16.2. The number of hydrogen-bond donors (Lipinski definition) is 1. The molecule has 1 N–H and O–H groups in total. The molecule has 4 rings (SSSR count). The van der Waals surface area contributed by atoms with Crippen LogP contribution in [-0.2, 0) is 0 Å². The van der Waals surface area contributed by atoms with Crippen LogP contribution in [0.25, 0.3) is 22.3 Å². The number of nitrogens with one attached hydrogen (secondary N) is 1. The van der Waals surface area contributed by atoms with E-state index in [1.54, 1.807) is 0 Å². The van der Waals surface area contributed by atoms with E-state index in [9.17, 15) is 0 Å². The van der Waals surface area contributed by atoms with Gasteiger partial charge in [-0.2, -0.15) is 0 Å². The first-order chi connectivity index (χ1) is 11.9. The van der Waals surface area contributed by atoms with Crippen molar-refractivity contribution in [1.82, 2.24) is 14.9 Å². The summed E-state index contributed by atoms with van der Waals surface area (Å²) < 4.78 is 0. The Kier molecular flexibility index (Phi) is 4.38. The van der Waals surface area contributed by atoms with Crippen LogP contribution < -0.4 is 5.32 Å². The smallest absolute Gasteiger partial charge is 0.162 e. The van der Waals surface area contributed by atoms with Crippen LogP contribution in [0.4, 0.5) is 5.82 Å². The lowest BCUT2D eigenvalue weighted by Crippen LogP contribution is -2.26.